The van der Waals surface area contributed by atoms with Gasteiger partial charge in [-0.1, -0.05) is 54.1 Å². The van der Waals surface area contributed by atoms with Crippen LogP contribution in [0.25, 0.3) is 0 Å². The van der Waals surface area contributed by atoms with Crippen molar-refractivity contribution in [2.24, 2.45) is 0 Å². The number of hydrogen-bond acceptors (Lipinski definition) is 3. The third-order valence-electron chi connectivity index (χ3n) is 5.66. The van der Waals surface area contributed by atoms with E-state index in [0.29, 0.717) is 49.7 Å². The van der Waals surface area contributed by atoms with Crippen LogP contribution in [0.15, 0.2) is 78.9 Å². The lowest BCUT2D eigenvalue weighted by molar-refractivity contribution is 0.0718. The van der Waals surface area contributed by atoms with Crippen molar-refractivity contribution in [2.45, 2.75) is 20.0 Å². The molecule has 0 radical (unpaired) electrons. The molecule has 1 aliphatic rings. The minimum atomic E-state index is -0.0278. The molecule has 0 unspecified atom stereocenters. The van der Waals surface area contributed by atoms with Gasteiger partial charge >= 0.3 is 0 Å². The second-order valence-electron chi connectivity index (χ2n) is 8.11. The quantitative estimate of drug-likeness (QED) is 0.599. The van der Waals surface area contributed by atoms with Crippen molar-refractivity contribution in [1.82, 2.24) is 9.80 Å². The third-order valence-corrected chi connectivity index (χ3v) is 5.66. The lowest BCUT2D eigenvalue weighted by atomic mass is 10.1. The average molecular weight is 429 g/mol. The molecule has 0 atom stereocenters. The Bertz CT molecular complexity index is 1080. The van der Waals surface area contributed by atoms with Crippen LogP contribution in [0.4, 0.5) is 0 Å². The zero-order valence-electron chi connectivity index (χ0n) is 18.4. The highest BCUT2D eigenvalue weighted by Crippen LogP contribution is 2.18. The fourth-order valence-corrected chi connectivity index (χ4v) is 3.93. The minimum absolute atomic E-state index is 0.0271. The SMILES string of the molecule is Cc1cccc(C(=O)N2CCCN(C(=O)c3cccc(OCc4ccccc4)c3)CC2)c1. The smallest absolute Gasteiger partial charge is 0.254 e. The van der Waals surface area contributed by atoms with Gasteiger partial charge in [0.2, 0.25) is 0 Å². The maximum absolute atomic E-state index is 13.1. The Morgan fingerprint density at radius 2 is 1.38 bits per heavy atom. The molecule has 4 rings (SSSR count). The van der Waals surface area contributed by atoms with Crippen molar-refractivity contribution in [3.8, 4) is 5.75 Å². The van der Waals surface area contributed by atoms with Gasteiger partial charge in [-0.3, -0.25) is 9.59 Å². The Hall–Kier alpha value is -3.60. The zero-order chi connectivity index (χ0) is 22.3. The minimum Gasteiger partial charge on any atom is -0.489 e. The number of benzene rings is 3. The Labute approximate surface area is 189 Å². The number of carbonyl (C=O) groups is 2. The summed E-state index contributed by atoms with van der Waals surface area (Å²) in [5, 5.41) is 0. The largest absolute Gasteiger partial charge is 0.489 e. The molecule has 0 spiro atoms. The van der Waals surface area contributed by atoms with Crippen molar-refractivity contribution < 1.29 is 14.3 Å². The van der Waals surface area contributed by atoms with E-state index in [1.165, 1.54) is 0 Å². The number of nitrogens with zero attached hydrogens (tertiary/aromatic N) is 2. The second kappa shape index (κ2) is 10.1. The molecule has 164 valence electrons. The number of aryl methyl sites for hydroxylation is 1. The van der Waals surface area contributed by atoms with Gasteiger partial charge < -0.3 is 14.5 Å². The molecule has 3 aromatic carbocycles. The van der Waals surface area contributed by atoms with E-state index >= 15 is 0 Å². The van der Waals surface area contributed by atoms with Gasteiger partial charge in [0.15, 0.2) is 0 Å². The summed E-state index contributed by atoms with van der Waals surface area (Å²) >= 11 is 0. The van der Waals surface area contributed by atoms with E-state index in [1.54, 1.807) is 6.07 Å². The van der Waals surface area contributed by atoms with Gasteiger partial charge in [0.1, 0.15) is 12.4 Å². The van der Waals surface area contributed by atoms with Crippen molar-refractivity contribution in [3.63, 3.8) is 0 Å². The van der Waals surface area contributed by atoms with Crippen LogP contribution in [0.5, 0.6) is 5.75 Å². The summed E-state index contributed by atoms with van der Waals surface area (Å²) in [6.45, 7) is 4.77. The molecular formula is C27H28N2O3. The topological polar surface area (TPSA) is 49.9 Å². The molecule has 1 saturated heterocycles. The number of amides is 2. The molecule has 0 aliphatic carbocycles. The summed E-state index contributed by atoms with van der Waals surface area (Å²) in [6, 6.07) is 24.9. The van der Waals surface area contributed by atoms with E-state index in [0.717, 1.165) is 17.5 Å². The van der Waals surface area contributed by atoms with E-state index < -0.39 is 0 Å². The predicted octanol–water partition coefficient (Wildman–Crippen LogP) is 4.56. The Balaban J connectivity index is 1.38. The van der Waals surface area contributed by atoms with Crippen molar-refractivity contribution >= 4 is 11.8 Å². The number of carbonyl (C=O) groups excluding carboxylic acids is 2. The highest BCUT2D eigenvalue weighted by atomic mass is 16.5. The summed E-state index contributed by atoms with van der Waals surface area (Å²) in [6.07, 6.45) is 0.757. The first-order chi connectivity index (χ1) is 15.6. The number of rotatable bonds is 5. The maximum Gasteiger partial charge on any atom is 0.254 e. The van der Waals surface area contributed by atoms with E-state index in [9.17, 15) is 9.59 Å². The summed E-state index contributed by atoms with van der Waals surface area (Å²) in [5.74, 6) is 0.671. The fraction of sp³-hybridized carbons (Fsp3) is 0.259. The lowest BCUT2D eigenvalue weighted by Gasteiger charge is -2.22. The van der Waals surface area contributed by atoms with Gasteiger partial charge in [-0.25, -0.2) is 0 Å². The standard InChI is InChI=1S/C27H28N2O3/c1-21-8-5-11-23(18-21)26(30)28-14-7-15-29(17-16-28)27(31)24-12-6-13-25(19-24)32-20-22-9-3-2-4-10-22/h2-6,8-13,18-19H,7,14-17,20H2,1H3. The van der Waals surface area contributed by atoms with E-state index in [4.69, 9.17) is 4.74 Å². The van der Waals surface area contributed by atoms with Gasteiger partial charge in [0, 0.05) is 37.3 Å². The normalized spacial score (nSPS) is 14.0. The molecule has 5 nitrogen and oxygen atoms in total. The van der Waals surface area contributed by atoms with Crippen LogP contribution in [-0.4, -0.2) is 47.8 Å². The van der Waals surface area contributed by atoms with Crippen LogP contribution in [0.3, 0.4) is 0 Å². The molecule has 0 saturated carbocycles. The Kier molecular flexibility index (Phi) is 6.85. The van der Waals surface area contributed by atoms with E-state index in [-0.39, 0.29) is 11.8 Å². The molecule has 1 fully saturated rings. The van der Waals surface area contributed by atoms with Crippen LogP contribution in [0, 0.1) is 6.92 Å². The summed E-state index contributed by atoms with van der Waals surface area (Å²) in [4.78, 5) is 29.7. The maximum atomic E-state index is 13.1. The average Bonchev–Trinajstić information content (AvgIpc) is 3.09. The predicted molar refractivity (Wildman–Crippen MR) is 125 cm³/mol. The summed E-state index contributed by atoms with van der Waals surface area (Å²) < 4.78 is 5.88. The number of hydrogen-bond donors (Lipinski definition) is 0. The van der Waals surface area contributed by atoms with Gasteiger partial charge in [-0.2, -0.15) is 0 Å². The van der Waals surface area contributed by atoms with Gasteiger partial charge in [-0.05, 0) is 49.2 Å². The third kappa shape index (κ3) is 5.35. The summed E-state index contributed by atoms with van der Waals surface area (Å²) in [5.41, 5.74) is 3.45. The molecule has 2 amide bonds. The molecular weight excluding hydrogens is 400 g/mol. The number of ether oxygens (including phenoxy) is 1. The first-order valence-electron chi connectivity index (χ1n) is 11.0. The fourth-order valence-electron chi connectivity index (χ4n) is 3.93. The molecule has 5 heteroatoms. The molecule has 1 aliphatic heterocycles. The zero-order valence-corrected chi connectivity index (χ0v) is 18.4. The van der Waals surface area contributed by atoms with Gasteiger partial charge in [0.05, 0.1) is 0 Å². The van der Waals surface area contributed by atoms with Crippen molar-refractivity contribution in [3.05, 3.63) is 101 Å². The molecule has 32 heavy (non-hydrogen) atoms. The monoisotopic (exact) mass is 428 g/mol. The van der Waals surface area contributed by atoms with Gasteiger partial charge in [0.25, 0.3) is 11.8 Å². The van der Waals surface area contributed by atoms with Crippen molar-refractivity contribution in [1.29, 1.82) is 0 Å². The van der Waals surface area contributed by atoms with E-state index in [2.05, 4.69) is 0 Å². The molecule has 0 bridgehead atoms. The van der Waals surface area contributed by atoms with Crippen LogP contribution in [0.1, 0.15) is 38.3 Å². The summed E-state index contributed by atoms with van der Waals surface area (Å²) in [7, 11) is 0. The lowest BCUT2D eigenvalue weighted by Crippen LogP contribution is -2.37. The molecule has 1 heterocycles. The Morgan fingerprint density at radius 1 is 0.750 bits per heavy atom. The van der Waals surface area contributed by atoms with Crippen LogP contribution in [0.2, 0.25) is 0 Å². The highest BCUT2D eigenvalue weighted by Gasteiger charge is 2.23. The van der Waals surface area contributed by atoms with E-state index in [1.807, 2.05) is 89.5 Å². The second-order valence-corrected chi connectivity index (χ2v) is 8.11. The van der Waals surface area contributed by atoms with Crippen LogP contribution < -0.4 is 4.74 Å². The van der Waals surface area contributed by atoms with Crippen LogP contribution >= 0.6 is 0 Å². The molecule has 0 aromatic heterocycles. The molecule has 3 aromatic rings. The highest BCUT2D eigenvalue weighted by molar-refractivity contribution is 5.95. The van der Waals surface area contributed by atoms with Crippen LogP contribution in [-0.2, 0) is 6.61 Å². The van der Waals surface area contributed by atoms with Crippen molar-refractivity contribution in [2.75, 3.05) is 26.2 Å². The first kappa shape index (κ1) is 21.6. The molecule has 0 N–H and O–H groups in total. The van der Waals surface area contributed by atoms with Gasteiger partial charge in [-0.15, -0.1) is 0 Å². The Morgan fingerprint density at radius 3 is 2.03 bits per heavy atom. The first-order valence-corrected chi connectivity index (χ1v) is 11.0.